The number of esters is 1. The molecule has 0 saturated carbocycles. The molecule has 1 fully saturated rings. The maximum Gasteiger partial charge on any atom is 0.305 e. The number of aliphatic hydroxyl groups excluding tert-OH is 5. The smallest absolute Gasteiger partial charge is 0.305 e. The molecule has 1 amide bonds. The molecule has 0 radical (unpaired) electrons. The van der Waals surface area contributed by atoms with Crippen molar-refractivity contribution in [1.29, 1.82) is 0 Å². The molecule has 1 saturated heterocycles. The van der Waals surface area contributed by atoms with E-state index in [9.17, 15) is 35.1 Å². The van der Waals surface area contributed by atoms with Gasteiger partial charge in [0.25, 0.3) is 0 Å². The first kappa shape index (κ1) is 63.2. The van der Waals surface area contributed by atoms with Gasteiger partial charge >= 0.3 is 5.97 Å². The van der Waals surface area contributed by atoms with Crippen LogP contribution in [0.5, 0.6) is 0 Å². The Morgan fingerprint density at radius 1 is 0.537 bits per heavy atom. The van der Waals surface area contributed by atoms with Crippen molar-refractivity contribution < 1.29 is 49.3 Å². The minimum absolute atomic E-state index is 0.0305. The van der Waals surface area contributed by atoms with Gasteiger partial charge in [-0.25, -0.2) is 0 Å². The van der Waals surface area contributed by atoms with E-state index < -0.39 is 49.5 Å². The fraction of sp³-hybridized carbons (Fsp3) is 0.893. The zero-order valence-electron chi connectivity index (χ0n) is 43.1. The summed E-state index contributed by atoms with van der Waals surface area (Å²) in [5, 5.41) is 54.1. The van der Waals surface area contributed by atoms with Crippen LogP contribution >= 0.6 is 0 Å². The number of amides is 1. The van der Waals surface area contributed by atoms with Crippen LogP contribution in [0.15, 0.2) is 24.3 Å². The van der Waals surface area contributed by atoms with Gasteiger partial charge in [-0.15, -0.1) is 0 Å². The predicted octanol–water partition coefficient (Wildman–Crippen LogP) is 12.2. The normalized spacial score (nSPS) is 19.7. The molecule has 1 heterocycles. The minimum atomic E-state index is -1.57. The second kappa shape index (κ2) is 46.5. The van der Waals surface area contributed by atoms with Crippen LogP contribution in [-0.2, 0) is 23.8 Å². The van der Waals surface area contributed by atoms with E-state index in [4.69, 9.17) is 14.2 Å². The molecule has 0 bridgehead atoms. The topological polar surface area (TPSA) is 175 Å². The summed E-state index contributed by atoms with van der Waals surface area (Å²) < 4.78 is 16.7. The molecule has 0 aliphatic carbocycles. The Balaban J connectivity index is 2.07. The van der Waals surface area contributed by atoms with Crippen LogP contribution in [0.3, 0.4) is 0 Å². The van der Waals surface area contributed by atoms with Crippen molar-refractivity contribution >= 4 is 11.9 Å². The van der Waals surface area contributed by atoms with E-state index in [-0.39, 0.29) is 18.5 Å². The van der Waals surface area contributed by atoms with Crippen LogP contribution in [0.4, 0.5) is 0 Å². The SMILES string of the molecule is CCCCCCCCC/C=C\CCCCCCCC(=O)OCCCCCCCCCCCCCCCCC(=O)NC(COC1OC(CO)C(O)C(O)C1O)C(O)/C=C/CCCCCCCCC. The fourth-order valence-electron chi connectivity index (χ4n) is 8.78. The molecular weight excluding hydrogens is 847 g/mol. The average molecular weight is 952 g/mol. The monoisotopic (exact) mass is 952 g/mol. The van der Waals surface area contributed by atoms with Crippen molar-refractivity contribution in [2.75, 3.05) is 19.8 Å². The lowest BCUT2D eigenvalue weighted by molar-refractivity contribution is -0.302. The molecule has 67 heavy (non-hydrogen) atoms. The first-order valence-corrected chi connectivity index (χ1v) is 28.1. The number of ether oxygens (including phenoxy) is 3. The lowest BCUT2D eigenvalue weighted by atomic mass is 9.99. The third-order valence-electron chi connectivity index (χ3n) is 13.3. The lowest BCUT2D eigenvalue weighted by Gasteiger charge is -2.40. The molecule has 0 aromatic rings. The zero-order valence-corrected chi connectivity index (χ0v) is 43.1. The van der Waals surface area contributed by atoms with Crippen LogP contribution in [0.25, 0.3) is 0 Å². The molecule has 1 aliphatic heterocycles. The van der Waals surface area contributed by atoms with Crippen LogP contribution in [0, 0.1) is 0 Å². The summed E-state index contributed by atoms with van der Waals surface area (Å²) in [5.74, 6) is -0.225. The first-order valence-electron chi connectivity index (χ1n) is 28.1. The third-order valence-corrected chi connectivity index (χ3v) is 13.3. The highest BCUT2D eigenvalue weighted by molar-refractivity contribution is 5.76. The highest BCUT2D eigenvalue weighted by Crippen LogP contribution is 2.23. The van der Waals surface area contributed by atoms with E-state index in [0.29, 0.717) is 19.4 Å². The molecule has 11 heteroatoms. The summed E-state index contributed by atoms with van der Waals surface area (Å²) in [5.41, 5.74) is 0. The van der Waals surface area contributed by atoms with Gasteiger partial charge in [-0.05, 0) is 57.8 Å². The Bertz CT molecular complexity index is 1170. The van der Waals surface area contributed by atoms with Crippen molar-refractivity contribution in [3.63, 3.8) is 0 Å². The van der Waals surface area contributed by atoms with Gasteiger partial charge in [0.05, 0.1) is 32.0 Å². The average Bonchev–Trinajstić information content (AvgIpc) is 3.32. The number of nitrogens with one attached hydrogen (secondary N) is 1. The van der Waals surface area contributed by atoms with Crippen LogP contribution in [0.2, 0.25) is 0 Å². The van der Waals surface area contributed by atoms with E-state index in [1.165, 1.54) is 161 Å². The first-order chi connectivity index (χ1) is 32.7. The second-order valence-electron chi connectivity index (χ2n) is 19.6. The second-order valence-corrected chi connectivity index (χ2v) is 19.6. The number of carbonyl (C=O) groups excluding carboxylic acids is 2. The van der Waals surface area contributed by atoms with Crippen molar-refractivity contribution in [2.24, 2.45) is 0 Å². The number of allylic oxidation sites excluding steroid dienone is 3. The van der Waals surface area contributed by atoms with Gasteiger partial charge in [0.1, 0.15) is 24.4 Å². The van der Waals surface area contributed by atoms with Crippen molar-refractivity contribution in [1.82, 2.24) is 5.32 Å². The largest absolute Gasteiger partial charge is 0.466 e. The number of aliphatic hydroxyl groups is 5. The molecule has 0 aromatic heterocycles. The number of unbranched alkanes of at least 4 members (excludes halogenated alkanes) is 32. The van der Waals surface area contributed by atoms with E-state index in [1.54, 1.807) is 6.08 Å². The molecule has 0 spiro atoms. The maximum absolute atomic E-state index is 13.0. The van der Waals surface area contributed by atoms with E-state index >= 15 is 0 Å². The van der Waals surface area contributed by atoms with Crippen LogP contribution < -0.4 is 5.32 Å². The Labute approximate surface area is 410 Å². The Hall–Kier alpha value is -1.86. The van der Waals surface area contributed by atoms with Gasteiger partial charge in [0.2, 0.25) is 5.91 Å². The third kappa shape index (κ3) is 36.7. The lowest BCUT2D eigenvalue weighted by Crippen LogP contribution is -2.60. The van der Waals surface area contributed by atoms with Crippen molar-refractivity contribution in [3.05, 3.63) is 24.3 Å². The summed E-state index contributed by atoms with van der Waals surface area (Å²) in [4.78, 5) is 25.1. The highest BCUT2D eigenvalue weighted by Gasteiger charge is 2.44. The summed E-state index contributed by atoms with van der Waals surface area (Å²) in [6.45, 7) is 4.27. The van der Waals surface area contributed by atoms with Crippen LogP contribution in [-0.4, -0.2) is 100 Å². The van der Waals surface area contributed by atoms with Crippen molar-refractivity contribution in [3.8, 4) is 0 Å². The zero-order chi connectivity index (χ0) is 48.8. The Kier molecular flexibility index (Phi) is 43.8. The summed E-state index contributed by atoms with van der Waals surface area (Å²) >= 11 is 0. The van der Waals surface area contributed by atoms with Gasteiger partial charge in [0.15, 0.2) is 6.29 Å². The van der Waals surface area contributed by atoms with Gasteiger partial charge < -0.3 is 45.1 Å². The molecular formula is C56H105NO10. The summed E-state index contributed by atoms with van der Waals surface area (Å²) in [6, 6.07) is -0.816. The van der Waals surface area contributed by atoms with Gasteiger partial charge in [-0.2, -0.15) is 0 Å². The number of rotatable bonds is 48. The van der Waals surface area contributed by atoms with E-state index in [2.05, 4.69) is 31.3 Å². The fourth-order valence-corrected chi connectivity index (χ4v) is 8.78. The molecule has 0 aromatic carbocycles. The van der Waals surface area contributed by atoms with E-state index in [1.807, 2.05) is 6.08 Å². The Morgan fingerprint density at radius 2 is 0.955 bits per heavy atom. The van der Waals surface area contributed by atoms with Gasteiger partial charge in [-0.1, -0.05) is 212 Å². The molecule has 1 rings (SSSR count). The van der Waals surface area contributed by atoms with Gasteiger partial charge in [0, 0.05) is 12.8 Å². The summed E-state index contributed by atoms with van der Waals surface area (Å²) in [6.07, 6.45) is 44.1. The number of hydrogen-bond acceptors (Lipinski definition) is 10. The quantitative estimate of drug-likeness (QED) is 0.0196. The maximum atomic E-state index is 13.0. The molecule has 6 N–H and O–H groups in total. The highest BCUT2D eigenvalue weighted by atomic mass is 16.7. The molecule has 1 aliphatic rings. The standard InChI is InChI=1S/C56H105NO10/c1-3-5-7-9-11-13-14-15-16-17-21-24-28-32-36-40-44-52(61)65-45-41-37-33-29-25-22-19-18-20-23-27-31-35-39-43-51(60)57-48(49(59)42-38-34-30-26-12-10-8-6-4-2)47-66-56-55(64)54(63)53(62)50(46-58)67-56/h16-17,38,42,48-50,53-56,58-59,62-64H,3-15,18-37,39-41,43-47H2,1-2H3,(H,57,60)/b17-16-,42-38+. The Morgan fingerprint density at radius 3 is 1.43 bits per heavy atom. The summed E-state index contributed by atoms with van der Waals surface area (Å²) in [7, 11) is 0. The number of hydrogen-bond donors (Lipinski definition) is 6. The molecule has 394 valence electrons. The molecule has 7 atom stereocenters. The van der Waals surface area contributed by atoms with Crippen LogP contribution in [0.1, 0.15) is 258 Å². The molecule has 11 nitrogen and oxygen atoms in total. The molecule has 7 unspecified atom stereocenters. The van der Waals surface area contributed by atoms with E-state index in [0.717, 1.165) is 70.6 Å². The predicted molar refractivity (Wildman–Crippen MR) is 274 cm³/mol. The minimum Gasteiger partial charge on any atom is -0.466 e. The van der Waals surface area contributed by atoms with Gasteiger partial charge in [-0.3, -0.25) is 9.59 Å². The number of carbonyl (C=O) groups is 2. The van der Waals surface area contributed by atoms with Crippen molar-refractivity contribution in [2.45, 2.75) is 301 Å².